The van der Waals surface area contributed by atoms with Gasteiger partial charge >= 0.3 is 0 Å². The van der Waals surface area contributed by atoms with Crippen molar-refractivity contribution in [3.63, 3.8) is 0 Å². The van der Waals surface area contributed by atoms with E-state index >= 15 is 0 Å². The van der Waals surface area contributed by atoms with Crippen LogP contribution in [0.3, 0.4) is 0 Å². The number of aryl methyl sites for hydroxylation is 1. The van der Waals surface area contributed by atoms with Crippen LogP contribution in [0.25, 0.3) is 38.9 Å². The standard InChI is InChI=1S/C50H39NO/c1-3-13-37-31-42(25-22-34(37)10-1)51(43-26-23-35-11-2-4-14-38(35)32-43)49-29-28-45(47-17-7-8-18-48(47)49)41-21-20-40-33-44(27-24-39(40)30-41)52-50-19-9-15-36-12-5-6-16-46(36)50/h1-19,22,24-27,30-33,35H,20-21,23,28-29H2. The Morgan fingerprint density at radius 1 is 0.615 bits per heavy atom. The van der Waals surface area contributed by atoms with Crippen LogP contribution in [0.1, 0.15) is 36.8 Å². The van der Waals surface area contributed by atoms with Gasteiger partial charge in [0, 0.05) is 33.6 Å². The molecule has 1 atom stereocenters. The number of hydrogen-bond donors (Lipinski definition) is 0. The van der Waals surface area contributed by atoms with Crippen molar-refractivity contribution in [3.8, 4) is 11.5 Å². The fraction of sp³-hybridized carbons (Fsp3) is 0.120. The number of nitrogens with zero attached hydrogens (tertiary/aromatic N) is 1. The normalized spacial score (nSPS) is 17.5. The molecule has 4 aliphatic rings. The van der Waals surface area contributed by atoms with Gasteiger partial charge in [-0.25, -0.2) is 0 Å². The summed E-state index contributed by atoms with van der Waals surface area (Å²) in [4.78, 5) is 2.56. The lowest BCUT2D eigenvalue weighted by Gasteiger charge is -2.34. The SMILES string of the molecule is C1=CC2=CC(N(C3=c4ccccc4=C(C4=Cc5ccc(Oc6cccc7ccccc67)cc5CC4)CC3)c3ccc4ccccc4c3)=CCC2C=C1. The predicted octanol–water partition coefficient (Wildman–Crippen LogP) is 11.3. The average molecular weight is 670 g/mol. The third-order valence-electron chi connectivity index (χ3n) is 11.2. The van der Waals surface area contributed by atoms with E-state index in [-0.39, 0.29) is 0 Å². The highest BCUT2D eigenvalue weighted by Gasteiger charge is 2.26. The van der Waals surface area contributed by atoms with Gasteiger partial charge in [-0.05, 0) is 118 Å². The second-order valence-corrected chi connectivity index (χ2v) is 14.3. The van der Waals surface area contributed by atoms with Gasteiger partial charge < -0.3 is 9.64 Å². The molecule has 250 valence electrons. The number of benzene rings is 6. The summed E-state index contributed by atoms with van der Waals surface area (Å²) in [6.45, 7) is 0. The molecule has 6 aromatic rings. The summed E-state index contributed by atoms with van der Waals surface area (Å²) < 4.78 is 6.47. The molecule has 0 fully saturated rings. The molecular formula is C50H39NO. The molecule has 0 spiro atoms. The average Bonchev–Trinajstić information content (AvgIpc) is 3.21. The van der Waals surface area contributed by atoms with Gasteiger partial charge in [-0.3, -0.25) is 0 Å². The second kappa shape index (κ2) is 12.9. The highest BCUT2D eigenvalue weighted by atomic mass is 16.5. The first-order chi connectivity index (χ1) is 25.7. The molecule has 0 saturated carbocycles. The van der Waals surface area contributed by atoms with Gasteiger partial charge in [-0.15, -0.1) is 0 Å². The zero-order chi connectivity index (χ0) is 34.4. The van der Waals surface area contributed by atoms with Crippen molar-refractivity contribution in [1.29, 1.82) is 0 Å². The van der Waals surface area contributed by atoms with Crippen molar-refractivity contribution in [3.05, 3.63) is 202 Å². The molecule has 52 heavy (non-hydrogen) atoms. The molecule has 0 saturated heterocycles. The molecule has 6 aromatic carbocycles. The van der Waals surface area contributed by atoms with Crippen LogP contribution in [-0.4, -0.2) is 0 Å². The number of allylic oxidation sites excluding steroid dienone is 8. The van der Waals surface area contributed by atoms with E-state index in [0.717, 1.165) is 49.0 Å². The van der Waals surface area contributed by atoms with E-state index in [0.29, 0.717) is 5.92 Å². The fourth-order valence-corrected chi connectivity index (χ4v) is 8.64. The van der Waals surface area contributed by atoms with E-state index in [4.69, 9.17) is 4.74 Å². The van der Waals surface area contributed by atoms with E-state index in [1.54, 1.807) is 0 Å². The first-order valence-electron chi connectivity index (χ1n) is 18.6. The van der Waals surface area contributed by atoms with Crippen LogP contribution in [0.2, 0.25) is 0 Å². The zero-order valence-corrected chi connectivity index (χ0v) is 29.1. The topological polar surface area (TPSA) is 12.5 Å². The van der Waals surface area contributed by atoms with Gasteiger partial charge in [0.05, 0.1) is 0 Å². The van der Waals surface area contributed by atoms with Crippen LogP contribution >= 0.6 is 0 Å². The largest absolute Gasteiger partial charge is 0.457 e. The molecule has 0 aromatic heterocycles. The molecule has 4 aliphatic carbocycles. The Bertz CT molecular complexity index is 2700. The summed E-state index contributed by atoms with van der Waals surface area (Å²) in [5, 5.41) is 7.56. The van der Waals surface area contributed by atoms with Crippen LogP contribution in [0.5, 0.6) is 11.5 Å². The molecular weight excluding hydrogens is 631 g/mol. The van der Waals surface area contributed by atoms with Gasteiger partial charge in [-0.1, -0.05) is 134 Å². The Morgan fingerprint density at radius 2 is 1.44 bits per heavy atom. The van der Waals surface area contributed by atoms with Crippen molar-refractivity contribution >= 4 is 44.6 Å². The smallest absolute Gasteiger partial charge is 0.135 e. The maximum absolute atomic E-state index is 6.47. The first kappa shape index (κ1) is 30.7. The van der Waals surface area contributed by atoms with Gasteiger partial charge in [0.15, 0.2) is 0 Å². The Kier molecular flexibility index (Phi) is 7.61. The minimum atomic E-state index is 0.456. The van der Waals surface area contributed by atoms with E-state index in [1.165, 1.54) is 71.5 Å². The number of anilines is 1. The van der Waals surface area contributed by atoms with E-state index in [2.05, 4.69) is 175 Å². The second-order valence-electron chi connectivity index (χ2n) is 14.3. The molecule has 0 N–H and O–H groups in total. The minimum Gasteiger partial charge on any atom is -0.457 e. The van der Waals surface area contributed by atoms with Crippen LogP contribution in [0.4, 0.5) is 5.69 Å². The highest BCUT2D eigenvalue weighted by molar-refractivity contribution is 5.90. The quantitative estimate of drug-likeness (QED) is 0.175. The predicted molar refractivity (Wildman–Crippen MR) is 217 cm³/mol. The van der Waals surface area contributed by atoms with Crippen LogP contribution in [0, 0.1) is 5.92 Å². The highest BCUT2D eigenvalue weighted by Crippen LogP contribution is 2.40. The van der Waals surface area contributed by atoms with Crippen LogP contribution in [-0.2, 0) is 6.42 Å². The van der Waals surface area contributed by atoms with Crippen molar-refractivity contribution in [2.24, 2.45) is 5.92 Å². The maximum Gasteiger partial charge on any atom is 0.135 e. The molecule has 0 aliphatic heterocycles. The van der Waals surface area contributed by atoms with Crippen LogP contribution in [0.15, 0.2) is 181 Å². The van der Waals surface area contributed by atoms with Crippen molar-refractivity contribution in [2.75, 3.05) is 4.90 Å². The number of ether oxygens (including phenoxy) is 1. The molecule has 0 heterocycles. The van der Waals surface area contributed by atoms with E-state index < -0.39 is 0 Å². The zero-order valence-electron chi connectivity index (χ0n) is 29.1. The number of rotatable bonds is 6. The number of fused-ring (bicyclic) bond motifs is 5. The Morgan fingerprint density at radius 3 is 2.38 bits per heavy atom. The van der Waals surface area contributed by atoms with Gasteiger partial charge in [0.25, 0.3) is 0 Å². The molecule has 2 heteroatoms. The Labute approximate surface area is 305 Å². The monoisotopic (exact) mass is 669 g/mol. The van der Waals surface area contributed by atoms with Gasteiger partial charge in [0.2, 0.25) is 0 Å². The summed E-state index contributed by atoms with van der Waals surface area (Å²) in [6.07, 6.45) is 21.3. The molecule has 0 radical (unpaired) electrons. The number of hydrogen-bond acceptors (Lipinski definition) is 2. The van der Waals surface area contributed by atoms with Crippen LogP contribution < -0.4 is 20.1 Å². The lowest BCUT2D eigenvalue weighted by molar-refractivity contribution is 0.487. The molecule has 10 rings (SSSR count). The van der Waals surface area contributed by atoms with Crippen molar-refractivity contribution in [1.82, 2.24) is 0 Å². The minimum absolute atomic E-state index is 0.456. The summed E-state index contributed by atoms with van der Waals surface area (Å²) in [5.41, 5.74) is 10.8. The van der Waals surface area contributed by atoms with Crippen molar-refractivity contribution < 1.29 is 4.74 Å². The first-order valence-corrected chi connectivity index (χ1v) is 18.6. The summed E-state index contributed by atoms with van der Waals surface area (Å²) >= 11 is 0. The van der Waals surface area contributed by atoms with E-state index in [1.807, 2.05) is 0 Å². The third kappa shape index (κ3) is 5.52. The molecule has 2 nitrogen and oxygen atoms in total. The van der Waals surface area contributed by atoms with Gasteiger partial charge in [-0.2, -0.15) is 0 Å². The fourth-order valence-electron chi connectivity index (χ4n) is 8.64. The lowest BCUT2D eigenvalue weighted by Crippen LogP contribution is -2.38. The maximum atomic E-state index is 6.47. The Balaban J connectivity index is 1.06. The summed E-state index contributed by atoms with van der Waals surface area (Å²) in [5.74, 6) is 2.25. The van der Waals surface area contributed by atoms with E-state index in [9.17, 15) is 0 Å². The summed E-state index contributed by atoms with van der Waals surface area (Å²) in [7, 11) is 0. The Hall–Kier alpha value is -6.12. The molecule has 1 unspecified atom stereocenters. The molecule has 0 amide bonds. The summed E-state index contributed by atoms with van der Waals surface area (Å²) in [6, 6.07) is 46.0. The van der Waals surface area contributed by atoms with Gasteiger partial charge in [0.1, 0.15) is 11.5 Å². The molecule has 0 bridgehead atoms. The lowest BCUT2D eigenvalue weighted by atomic mass is 9.83. The van der Waals surface area contributed by atoms with Crippen molar-refractivity contribution in [2.45, 2.75) is 32.1 Å². The third-order valence-corrected chi connectivity index (χ3v) is 11.2.